The van der Waals surface area contributed by atoms with Gasteiger partial charge in [0.05, 0.1) is 6.04 Å². The van der Waals surface area contributed by atoms with Crippen molar-refractivity contribution in [1.29, 1.82) is 0 Å². The first-order valence-corrected chi connectivity index (χ1v) is 8.61. The Bertz CT molecular complexity index is 314. The molecular weight excluding hydrogens is 250 g/mol. The number of nitrogens with zero attached hydrogens (tertiary/aromatic N) is 2. The summed E-state index contributed by atoms with van der Waals surface area (Å²) >= 11 is 0. The number of rotatable bonds is 2. The normalized spacial score (nSPS) is 30.4. The van der Waals surface area contributed by atoms with Crippen LogP contribution in [0.3, 0.4) is 0 Å². The van der Waals surface area contributed by atoms with Gasteiger partial charge in [-0.1, -0.05) is 12.8 Å². The van der Waals surface area contributed by atoms with Gasteiger partial charge in [-0.25, -0.2) is 0 Å². The Kier molecular flexibility index (Phi) is 4.94. The zero-order valence-electron chi connectivity index (χ0n) is 12.6. The van der Waals surface area contributed by atoms with Crippen LogP contribution < -0.4 is 5.32 Å². The lowest BCUT2D eigenvalue weighted by atomic mass is 9.98. The largest absolute Gasteiger partial charge is 0.341 e. The fourth-order valence-corrected chi connectivity index (χ4v) is 4.02. The highest BCUT2D eigenvalue weighted by Crippen LogP contribution is 2.22. The summed E-state index contributed by atoms with van der Waals surface area (Å²) in [6, 6.07) is 0.842. The molecule has 1 N–H and O–H groups in total. The highest BCUT2D eigenvalue weighted by atomic mass is 16.2. The van der Waals surface area contributed by atoms with Gasteiger partial charge in [-0.3, -0.25) is 4.79 Å². The van der Waals surface area contributed by atoms with Crippen LogP contribution >= 0.6 is 0 Å². The maximum absolute atomic E-state index is 12.5. The summed E-state index contributed by atoms with van der Waals surface area (Å²) in [7, 11) is 0. The van der Waals surface area contributed by atoms with Crippen LogP contribution in [0.5, 0.6) is 0 Å². The topological polar surface area (TPSA) is 35.6 Å². The maximum Gasteiger partial charge on any atom is 0.239 e. The van der Waals surface area contributed by atoms with E-state index in [4.69, 9.17) is 0 Å². The van der Waals surface area contributed by atoms with Crippen LogP contribution in [0.1, 0.15) is 51.4 Å². The van der Waals surface area contributed by atoms with Crippen LogP contribution in [-0.4, -0.2) is 60.5 Å². The van der Waals surface area contributed by atoms with Crippen LogP contribution in [0.15, 0.2) is 0 Å². The van der Waals surface area contributed by atoms with Crippen molar-refractivity contribution < 1.29 is 4.79 Å². The minimum atomic E-state index is 0.107. The van der Waals surface area contributed by atoms with E-state index < -0.39 is 0 Å². The number of amides is 1. The lowest BCUT2D eigenvalue weighted by Crippen LogP contribution is -2.53. The molecule has 0 aromatic carbocycles. The molecule has 3 saturated heterocycles. The molecule has 1 atom stereocenters. The first-order chi connectivity index (χ1) is 9.84. The Morgan fingerprint density at radius 1 is 0.850 bits per heavy atom. The number of carbonyl (C=O) groups is 1. The second kappa shape index (κ2) is 6.90. The summed E-state index contributed by atoms with van der Waals surface area (Å²) in [5.41, 5.74) is 0. The van der Waals surface area contributed by atoms with Crippen LogP contribution in [-0.2, 0) is 4.79 Å². The Balaban J connectivity index is 1.46. The fraction of sp³-hybridized carbons (Fsp3) is 0.938. The SMILES string of the molecule is O=C([C@@H]1CCCCN1)N1CCC(N2CCCCC2)CC1. The average Bonchev–Trinajstić information content (AvgIpc) is 2.56. The first-order valence-electron chi connectivity index (χ1n) is 8.61. The van der Waals surface area contributed by atoms with Crippen molar-refractivity contribution in [3.05, 3.63) is 0 Å². The lowest BCUT2D eigenvalue weighted by molar-refractivity contribution is -0.135. The van der Waals surface area contributed by atoms with E-state index in [1.54, 1.807) is 0 Å². The van der Waals surface area contributed by atoms with E-state index in [0.29, 0.717) is 5.91 Å². The number of nitrogens with one attached hydrogen (secondary N) is 1. The van der Waals surface area contributed by atoms with Gasteiger partial charge in [0.1, 0.15) is 0 Å². The molecule has 3 rings (SSSR count). The molecule has 0 saturated carbocycles. The van der Waals surface area contributed by atoms with Gasteiger partial charge in [0.25, 0.3) is 0 Å². The molecule has 114 valence electrons. The Labute approximate surface area is 122 Å². The zero-order chi connectivity index (χ0) is 13.8. The molecule has 0 aromatic rings. The maximum atomic E-state index is 12.5. The Morgan fingerprint density at radius 2 is 1.60 bits per heavy atom. The summed E-state index contributed by atoms with van der Waals surface area (Å²) in [6.45, 7) is 5.52. The van der Waals surface area contributed by atoms with Crippen molar-refractivity contribution in [2.75, 3.05) is 32.7 Å². The predicted octanol–water partition coefficient (Wildman–Crippen LogP) is 1.61. The molecule has 0 radical (unpaired) electrons. The van der Waals surface area contributed by atoms with E-state index in [2.05, 4.69) is 15.1 Å². The van der Waals surface area contributed by atoms with E-state index >= 15 is 0 Å². The van der Waals surface area contributed by atoms with Gasteiger partial charge >= 0.3 is 0 Å². The molecule has 1 amide bonds. The van der Waals surface area contributed by atoms with E-state index in [-0.39, 0.29) is 6.04 Å². The number of piperidine rings is 3. The highest BCUT2D eigenvalue weighted by molar-refractivity contribution is 5.82. The second-order valence-corrected chi connectivity index (χ2v) is 6.66. The van der Waals surface area contributed by atoms with E-state index in [9.17, 15) is 4.79 Å². The third-order valence-electron chi connectivity index (χ3n) is 5.29. The second-order valence-electron chi connectivity index (χ2n) is 6.66. The molecule has 3 heterocycles. The quantitative estimate of drug-likeness (QED) is 0.834. The standard InChI is InChI=1S/C16H29N3O/c20-16(15-6-2-3-9-17-15)19-12-7-14(8-13-19)18-10-4-1-5-11-18/h14-15,17H,1-13H2/t15-/m0/s1. The Hall–Kier alpha value is -0.610. The molecule has 3 aliphatic heterocycles. The number of hydrogen-bond donors (Lipinski definition) is 1. The number of likely N-dealkylation sites (tertiary alicyclic amines) is 2. The molecule has 3 fully saturated rings. The summed E-state index contributed by atoms with van der Waals surface area (Å²) < 4.78 is 0. The monoisotopic (exact) mass is 279 g/mol. The summed E-state index contributed by atoms with van der Waals surface area (Å²) in [5, 5.41) is 3.39. The molecule has 0 spiro atoms. The van der Waals surface area contributed by atoms with Crippen molar-refractivity contribution in [2.24, 2.45) is 0 Å². The van der Waals surface area contributed by atoms with E-state index in [1.807, 2.05) is 0 Å². The Morgan fingerprint density at radius 3 is 2.25 bits per heavy atom. The van der Waals surface area contributed by atoms with Crippen LogP contribution in [0.25, 0.3) is 0 Å². The predicted molar refractivity (Wildman–Crippen MR) is 80.7 cm³/mol. The summed E-state index contributed by atoms with van der Waals surface area (Å²) in [5.74, 6) is 0.363. The summed E-state index contributed by atoms with van der Waals surface area (Å²) in [6.07, 6.45) is 9.95. The molecule has 3 aliphatic rings. The fourth-order valence-electron chi connectivity index (χ4n) is 4.02. The number of carbonyl (C=O) groups excluding carboxylic acids is 1. The lowest BCUT2D eigenvalue weighted by Gasteiger charge is -2.41. The summed E-state index contributed by atoms with van der Waals surface area (Å²) in [4.78, 5) is 17.3. The molecule has 4 heteroatoms. The van der Waals surface area contributed by atoms with Gasteiger partial charge in [0.15, 0.2) is 0 Å². The minimum absolute atomic E-state index is 0.107. The molecule has 0 unspecified atom stereocenters. The van der Waals surface area contributed by atoms with E-state index in [1.165, 1.54) is 58.0 Å². The van der Waals surface area contributed by atoms with Gasteiger partial charge in [0, 0.05) is 19.1 Å². The van der Waals surface area contributed by atoms with Crippen LogP contribution in [0.2, 0.25) is 0 Å². The highest BCUT2D eigenvalue weighted by Gasteiger charge is 2.31. The molecule has 0 bridgehead atoms. The first kappa shape index (κ1) is 14.3. The van der Waals surface area contributed by atoms with Gasteiger partial charge in [0.2, 0.25) is 5.91 Å². The van der Waals surface area contributed by atoms with Crippen molar-refractivity contribution >= 4 is 5.91 Å². The minimum Gasteiger partial charge on any atom is -0.341 e. The third kappa shape index (κ3) is 3.34. The van der Waals surface area contributed by atoms with Crippen molar-refractivity contribution in [1.82, 2.24) is 15.1 Å². The average molecular weight is 279 g/mol. The third-order valence-corrected chi connectivity index (χ3v) is 5.29. The van der Waals surface area contributed by atoms with Crippen molar-refractivity contribution in [3.8, 4) is 0 Å². The smallest absolute Gasteiger partial charge is 0.239 e. The molecule has 4 nitrogen and oxygen atoms in total. The van der Waals surface area contributed by atoms with Gasteiger partial charge in [-0.15, -0.1) is 0 Å². The molecular formula is C16H29N3O. The van der Waals surface area contributed by atoms with Crippen molar-refractivity contribution in [3.63, 3.8) is 0 Å². The zero-order valence-corrected chi connectivity index (χ0v) is 12.6. The molecule has 0 aliphatic carbocycles. The van der Waals surface area contributed by atoms with Gasteiger partial charge in [-0.2, -0.15) is 0 Å². The van der Waals surface area contributed by atoms with Crippen LogP contribution in [0, 0.1) is 0 Å². The van der Waals surface area contributed by atoms with Crippen molar-refractivity contribution in [2.45, 2.75) is 63.5 Å². The molecule has 20 heavy (non-hydrogen) atoms. The molecule has 0 aromatic heterocycles. The van der Waals surface area contributed by atoms with Gasteiger partial charge in [-0.05, 0) is 58.2 Å². The van der Waals surface area contributed by atoms with E-state index in [0.717, 1.165) is 32.1 Å². The number of hydrogen-bond acceptors (Lipinski definition) is 3. The van der Waals surface area contributed by atoms with Gasteiger partial charge < -0.3 is 15.1 Å². The van der Waals surface area contributed by atoms with Crippen LogP contribution in [0.4, 0.5) is 0 Å².